The van der Waals surface area contributed by atoms with Crippen molar-refractivity contribution >= 4 is 5.91 Å². The van der Waals surface area contributed by atoms with Crippen LogP contribution in [0.15, 0.2) is 24.3 Å². The van der Waals surface area contributed by atoms with Gasteiger partial charge in [-0.1, -0.05) is 52.0 Å². The second-order valence-electron chi connectivity index (χ2n) is 7.57. The van der Waals surface area contributed by atoms with Gasteiger partial charge in [0, 0.05) is 31.6 Å². The third-order valence-electron chi connectivity index (χ3n) is 4.87. The number of hydrogen-bond donors (Lipinski definition) is 0. The minimum Gasteiger partial charge on any atom is -0.339 e. The molecule has 0 aromatic heterocycles. The molecule has 2 rings (SSSR count). The maximum Gasteiger partial charge on any atom is 0.225 e. The Morgan fingerprint density at radius 1 is 1.04 bits per heavy atom. The second kappa shape index (κ2) is 7.48. The predicted octanol–water partition coefficient (Wildman–Crippen LogP) is 4.06. The first-order valence-electron chi connectivity index (χ1n) is 8.96. The first-order valence-corrected chi connectivity index (χ1v) is 8.96. The summed E-state index contributed by atoms with van der Waals surface area (Å²) < 4.78 is 0. The fourth-order valence-corrected chi connectivity index (χ4v) is 3.60. The zero-order valence-electron chi connectivity index (χ0n) is 15.5. The van der Waals surface area contributed by atoms with Crippen molar-refractivity contribution in [1.82, 2.24) is 9.80 Å². The molecule has 1 aliphatic heterocycles. The minimum atomic E-state index is 0.0709. The van der Waals surface area contributed by atoms with Crippen LogP contribution in [0.3, 0.4) is 0 Å². The fourth-order valence-electron chi connectivity index (χ4n) is 3.60. The maximum atomic E-state index is 12.5. The summed E-state index contributed by atoms with van der Waals surface area (Å²) in [5, 5.41) is 0. The maximum absolute atomic E-state index is 12.5. The zero-order valence-corrected chi connectivity index (χ0v) is 15.5. The average Bonchev–Trinajstić information content (AvgIpc) is 2.53. The molecule has 1 atom stereocenters. The van der Waals surface area contributed by atoms with Gasteiger partial charge in [0.25, 0.3) is 0 Å². The van der Waals surface area contributed by atoms with E-state index in [1.165, 1.54) is 11.1 Å². The molecular weight excluding hydrogens is 284 g/mol. The topological polar surface area (TPSA) is 23.6 Å². The van der Waals surface area contributed by atoms with Gasteiger partial charge in [0.15, 0.2) is 0 Å². The summed E-state index contributed by atoms with van der Waals surface area (Å²) in [4.78, 5) is 17.1. The van der Waals surface area contributed by atoms with Gasteiger partial charge in [-0.15, -0.1) is 0 Å². The molecule has 0 N–H and O–H groups in total. The van der Waals surface area contributed by atoms with Gasteiger partial charge < -0.3 is 4.90 Å². The van der Waals surface area contributed by atoms with E-state index in [1.807, 2.05) is 13.8 Å². The van der Waals surface area contributed by atoms with Crippen molar-refractivity contribution in [2.24, 2.45) is 5.92 Å². The molecule has 1 aromatic rings. The van der Waals surface area contributed by atoms with E-state index in [0.717, 1.165) is 19.6 Å². The number of rotatable bonds is 4. The van der Waals surface area contributed by atoms with Crippen LogP contribution in [0.25, 0.3) is 0 Å². The molecule has 1 saturated heterocycles. The van der Waals surface area contributed by atoms with Gasteiger partial charge in [-0.3, -0.25) is 9.69 Å². The number of carbonyl (C=O) groups is 1. The van der Waals surface area contributed by atoms with Crippen molar-refractivity contribution in [2.75, 3.05) is 19.6 Å². The number of hydrogen-bond acceptors (Lipinski definition) is 2. The highest BCUT2D eigenvalue weighted by atomic mass is 16.2. The SMILES string of the molecule is CC(C)C(=O)N1CCN(C(C)C)C(c2ccccc2C(C)C)C1. The van der Waals surface area contributed by atoms with Gasteiger partial charge in [0.1, 0.15) is 0 Å². The van der Waals surface area contributed by atoms with Crippen LogP contribution in [0, 0.1) is 5.92 Å². The predicted molar refractivity (Wildman–Crippen MR) is 96.5 cm³/mol. The minimum absolute atomic E-state index is 0.0709. The Labute approximate surface area is 141 Å². The molecule has 0 bridgehead atoms. The summed E-state index contributed by atoms with van der Waals surface area (Å²) in [6.07, 6.45) is 0. The number of benzene rings is 1. The number of nitrogens with zero attached hydrogens (tertiary/aromatic N) is 2. The van der Waals surface area contributed by atoms with Gasteiger partial charge >= 0.3 is 0 Å². The summed E-state index contributed by atoms with van der Waals surface area (Å²) in [6, 6.07) is 9.52. The Balaban J connectivity index is 2.36. The summed E-state index contributed by atoms with van der Waals surface area (Å²) in [6.45, 7) is 15.6. The van der Waals surface area contributed by atoms with Crippen LogP contribution >= 0.6 is 0 Å². The van der Waals surface area contributed by atoms with Gasteiger partial charge in [-0.25, -0.2) is 0 Å². The van der Waals surface area contributed by atoms with E-state index >= 15 is 0 Å². The average molecular weight is 316 g/mol. The van der Waals surface area contributed by atoms with Crippen LogP contribution in [0.4, 0.5) is 0 Å². The van der Waals surface area contributed by atoms with Crippen LogP contribution in [0.5, 0.6) is 0 Å². The van der Waals surface area contributed by atoms with Gasteiger partial charge in [0.05, 0.1) is 6.04 Å². The lowest BCUT2D eigenvalue weighted by Gasteiger charge is -2.45. The molecule has 3 heteroatoms. The van der Waals surface area contributed by atoms with Crippen molar-refractivity contribution in [1.29, 1.82) is 0 Å². The van der Waals surface area contributed by atoms with Crippen LogP contribution < -0.4 is 0 Å². The molecule has 1 amide bonds. The first kappa shape index (κ1) is 18.0. The molecule has 0 spiro atoms. The van der Waals surface area contributed by atoms with E-state index in [-0.39, 0.29) is 11.8 Å². The first-order chi connectivity index (χ1) is 10.8. The van der Waals surface area contributed by atoms with E-state index in [1.54, 1.807) is 0 Å². The van der Waals surface area contributed by atoms with Crippen molar-refractivity contribution < 1.29 is 4.79 Å². The van der Waals surface area contributed by atoms with E-state index in [9.17, 15) is 4.79 Å². The van der Waals surface area contributed by atoms with Gasteiger partial charge in [-0.2, -0.15) is 0 Å². The van der Waals surface area contributed by atoms with Crippen LogP contribution in [-0.4, -0.2) is 41.4 Å². The number of carbonyl (C=O) groups excluding carboxylic acids is 1. The van der Waals surface area contributed by atoms with Crippen molar-refractivity contribution in [2.45, 2.75) is 59.5 Å². The van der Waals surface area contributed by atoms with E-state index in [4.69, 9.17) is 0 Å². The third-order valence-corrected chi connectivity index (χ3v) is 4.87. The Bertz CT molecular complexity index is 536. The largest absolute Gasteiger partial charge is 0.339 e. The number of amides is 1. The molecule has 1 unspecified atom stereocenters. The smallest absolute Gasteiger partial charge is 0.225 e. The quantitative estimate of drug-likeness (QED) is 0.836. The van der Waals surface area contributed by atoms with E-state index in [0.29, 0.717) is 18.0 Å². The lowest BCUT2D eigenvalue weighted by atomic mass is 9.90. The van der Waals surface area contributed by atoms with Crippen LogP contribution in [0.1, 0.15) is 64.6 Å². The molecule has 23 heavy (non-hydrogen) atoms. The summed E-state index contributed by atoms with van der Waals surface area (Å²) in [5.74, 6) is 0.846. The highest BCUT2D eigenvalue weighted by molar-refractivity contribution is 5.78. The van der Waals surface area contributed by atoms with E-state index in [2.05, 4.69) is 61.8 Å². The second-order valence-corrected chi connectivity index (χ2v) is 7.57. The number of piperazine rings is 1. The van der Waals surface area contributed by atoms with Crippen LogP contribution in [-0.2, 0) is 4.79 Å². The normalized spacial score (nSPS) is 19.9. The van der Waals surface area contributed by atoms with Crippen molar-refractivity contribution in [3.8, 4) is 0 Å². The summed E-state index contributed by atoms with van der Waals surface area (Å²) in [5.41, 5.74) is 2.79. The summed E-state index contributed by atoms with van der Waals surface area (Å²) in [7, 11) is 0. The molecule has 1 heterocycles. The van der Waals surface area contributed by atoms with Gasteiger partial charge in [-0.05, 0) is 30.9 Å². The monoisotopic (exact) mass is 316 g/mol. The molecule has 128 valence electrons. The Morgan fingerprint density at radius 3 is 2.26 bits per heavy atom. The van der Waals surface area contributed by atoms with E-state index < -0.39 is 0 Å². The molecule has 1 fully saturated rings. The van der Waals surface area contributed by atoms with Crippen molar-refractivity contribution in [3.05, 3.63) is 35.4 Å². The van der Waals surface area contributed by atoms with Crippen LogP contribution in [0.2, 0.25) is 0 Å². The Morgan fingerprint density at radius 2 is 1.70 bits per heavy atom. The summed E-state index contributed by atoms with van der Waals surface area (Å²) >= 11 is 0. The molecule has 0 saturated carbocycles. The molecule has 1 aliphatic rings. The lowest BCUT2D eigenvalue weighted by molar-refractivity contribution is -0.138. The lowest BCUT2D eigenvalue weighted by Crippen LogP contribution is -2.53. The molecule has 0 aliphatic carbocycles. The standard InChI is InChI=1S/C20H32N2O/c1-14(2)17-9-7-8-10-18(17)19-13-21(20(23)15(3)4)11-12-22(19)16(5)6/h7-10,14-16,19H,11-13H2,1-6H3. The molecule has 1 aromatic carbocycles. The highest BCUT2D eigenvalue weighted by Gasteiger charge is 2.33. The highest BCUT2D eigenvalue weighted by Crippen LogP contribution is 2.33. The Kier molecular flexibility index (Phi) is 5.85. The molecular formula is C20H32N2O. The Hall–Kier alpha value is -1.35. The molecule has 0 radical (unpaired) electrons. The third kappa shape index (κ3) is 3.95. The molecule has 3 nitrogen and oxygen atoms in total. The van der Waals surface area contributed by atoms with Gasteiger partial charge in [0.2, 0.25) is 5.91 Å². The fraction of sp³-hybridized carbons (Fsp3) is 0.650. The van der Waals surface area contributed by atoms with Crippen molar-refractivity contribution in [3.63, 3.8) is 0 Å². The zero-order chi connectivity index (χ0) is 17.1.